The Bertz CT molecular complexity index is 722. The van der Waals surface area contributed by atoms with Crippen molar-refractivity contribution in [2.75, 3.05) is 6.54 Å². The number of carboxylic acids is 3. The maximum atomic E-state index is 11.8. The van der Waals surface area contributed by atoms with Gasteiger partial charge in [0.25, 0.3) is 0 Å². The summed E-state index contributed by atoms with van der Waals surface area (Å²) in [7, 11) is 0. The summed E-state index contributed by atoms with van der Waals surface area (Å²) in [6, 6.07) is -1.94. The fourth-order valence-electron chi connectivity index (χ4n) is 4.12. The SMILES string of the molecule is CCCCCCCCCCCCCCCCCC(=O)N[C@@H](CCC(=O)O)C(=O)O.N=C(N)NCCCC(N)C(=O)O. The summed E-state index contributed by atoms with van der Waals surface area (Å²) in [4.78, 5) is 43.6. The number of hydrogen-bond acceptors (Lipinski definition) is 6. The predicted octanol–water partition coefficient (Wildman–Crippen LogP) is 4.34. The monoisotopic (exact) mass is 587 g/mol. The van der Waals surface area contributed by atoms with Gasteiger partial charge in [0.05, 0.1) is 0 Å². The molecule has 0 heterocycles. The molecular weight excluding hydrogens is 530 g/mol. The molecule has 0 aliphatic carbocycles. The second-order valence-electron chi connectivity index (χ2n) is 10.5. The van der Waals surface area contributed by atoms with Crippen molar-refractivity contribution in [1.29, 1.82) is 5.41 Å². The molecule has 0 fully saturated rings. The lowest BCUT2D eigenvalue weighted by atomic mass is 10.0. The Hall–Kier alpha value is -2.89. The first-order valence-electron chi connectivity index (χ1n) is 15.3. The number of hydrogen-bond donors (Lipinski definition) is 8. The number of unbranched alkanes of at least 4 members (excludes halogenated alkanes) is 14. The minimum Gasteiger partial charge on any atom is -0.481 e. The van der Waals surface area contributed by atoms with Gasteiger partial charge in [-0.2, -0.15) is 0 Å². The maximum absolute atomic E-state index is 11.8. The molecule has 0 aliphatic heterocycles. The average Bonchev–Trinajstić information content (AvgIpc) is 2.91. The molecule has 0 rings (SSSR count). The number of rotatable bonds is 26. The molecule has 41 heavy (non-hydrogen) atoms. The van der Waals surface area contributed by atoms with Crippen LogP contribution in [0.3, 0.4) is 0 Å². The van der Waals surface area contributed by atoms with E-state index in [0.29, 0.717) is 25.8 Å². The number of guanidine groups is 1. The molecule has 0 aromatic carbocycles. The summed E-state index contributed by atoms with van der Waals surface area (Å²) < 4.78 is 0. The molecular formula is C29H57N5O7. The van der Waals surface area contributed by atoms with Crippen LogP contribution in [-0.2, 0) is 19.2 Å². The minimum absolute atomic E-state index is 0.0880. The molecule has 0 aromatic rings. The van der Waals surface area contributed by atoms with Crippen LogP contribution in [0.4, 0.5) is 0 Å². The Labute approximate surface area is 245 Å². The van der Waals surface area contributed by atoms with Crippen LogP contribution in [0, 0.1) is 5.41 Å². The molecule has 0 saturated carbocycles. The zero-order valence-corrected chi connectivity index (χ0v) is 25.1. The Morgan fingerprint density at radius 3 is 1.54 bits per heavy atom. The van der Waals surface area contributed by atoms with E-state index in [-0.39, 0.29) is 24.7 Å². The highest BCUT2D eigenvalue weighted by molar-refractivity contribution is 5.83. The van der Waals surface area contributed by atoms with Gasteiger partial charge in [0, 0.05) is 19.4 Å². The van der Waals surface area contributed by atoms with Crippen LogP contribution in [0.5, 0.6) is 0 Å². The highest BCUT2D eigenvalue weighted by Crippen LogP contribution is 2.13. The molecule has 240 valence electrons. The predicted molar refractivity (Wildman–Crippen MR) is 161 cm³/mol. The van der Waals surface area contributed by atoms with Crippen LogP contribution in [0.25, 0.3) is 0 Å². The van der Waals surface area contributed by atoms with E-state index in [4.69, 9.17) is 32.2 Å². The Kier molecular flexibility index (Phi) is 28.1. The van der Waals surface area contributed by atoms with Gasteiger partial charge in [-0.3, -0.25) is 19.8 Å². The number of carboxylic acid groups (broad SMARTS) is 3. The van der Waals surface area contributed by atoms with Crippen LogP contribution >= 0.6 is 0 Å². The third kappa shape index (κ3) is 31.5. The summed E-state index contributed by atoms with van der Waals surface area (Å²) in [6.07, 6.45) is 19.7. The Morgan fingerprint density at radius 1 is 0.683 bits per heavy atom. The number of aliphatic carboxylic acids is 3. The zero-order valence-electron chi connectivity index (χ0n) is 25.1. The summed E-state index contributed by atoms with van der Waals surface area (Å²) in [5.41, 5.74) is 10.2. The van der Waals surface area contributed by atoms with Crippen LogP contribution in [0.15, 0.2) is 0 Å². The van der Waals surface area contributed by atoms with Gasteiger partial charge in [0.15, 0.2) is 5.96 Å². The van der Waals surface area contributed by atoms with E-state index in [1.165, 1.54) is 77.0 Å². The van der Waals surface area contributed by atoms with Crippen molar-refractivity contribution in [3.05, 3.63) is 0 Å². The van der Waals surface area contributed by atoms with Crippen molar-refractivity contribution in [3.8, 4) is 0 Å². The summed E-state index contributed by atoms with van der Waals surface area (Å²) in [5, 5.41) is 37.8. The van der Waals surface area contributed by atoms with Crippen molar-refractivity contribution in [2.45, 2.75) is 147 Å². The number of carbonyl (C=O) groups excluding carboxylic acids is 1. The first-order chi connectivity index (χ1) is 19.5. The van der Waals surface area contributed by atoms with E-state index in [0.717, 1.165) is 19.3 Å². The van der Waals surface area contributed by atoms with E-state index < -0.39 is 30.0 Å². The largest absolute Gasteiger partial charge is 0.481 e. The van der Waals surface area contributed by atoms with Crippen LogP contribution < -0.4 is 22.1 Å². The molecule has 10 N–H and O–H groups in total. The van der Waals surface area contributed by atoms with Gasteiger partial charge in [0.1, 0.15) is 12.1 Å². The zero-order chi connectivity index (χ0) is 31.3. The van der Waals surface area contributed by atoms with E-state index in [9.17, 15) is 19.2 Å². The van der Waals surface area contributed by atoms with Gasteiger partial charge in [-0.05, 0) is 25.7 Å². The molecule has 0 radical (unpaired) electrons. The van der Waals surface area contributed by atoms with Gasteiger partial charge in [-0.15, -0.1) is 0 Å². The average molecular weight is 588 g/mol. The molecule has 2 atom stereocenters. The molecule has 0 spiro atoms. The molecule has 0 aromatic heterocycles. The standard InChI is InChI=1S/C23H43NO5.C6H14N4O2/c1-2-3-4-5-6-7-8-9-10-11-12-13-14-15-16-17-21(25)24-20(23(28)29)18-19-22(26)27;7-4(5(11)12)2-1-3-10-6(8)9/h20H,2-19H2,1H3,(H,24,25)(H,26,27)(H,28,29);4H,1-3,7H2,(H,11,12)(H4,8,9,10)/t20-;/m0./s1. The maximum Gasteiger partial charge on any atom is 0.326 e. The quantitative estimate of drug-likeness (QED) is 0.0405. The van der Waals surface area contributed by atoms with Crippen molar-refractivity contribution >= 4 is 29.8 Å². The van der Waals surface area contributed by atoms with Gasteiger partial charge >= 0.3 is 17.9 Å². The Balaban J connectivity index is 0. The highest BCUT2D eigenvalue weighted by Gasteiger charge is 2.20. The lowest BCUT2D eigenvalue weighted by Crippen LogP contribution is -2.41. The number of amides is 1. The number of nitrogens with two attached hydrogens (primary N) is 2. The first-order valence-corrected chi connectivity index (χ1v) is 15.3. The Morgan fingerprint density at radius 2 is 1.15 bits per heavy atom. The summed E-state index contributed by atoms with van der Waals surface area (Å²) >= 11 is 0. The first kappa shape index (κ1) is 40.2. The van der Waals surface area contributed by atoms with E-state index >= 15 is 0 Å². The molecule has 0 aliphatic rings. The lowest BCUT2D eigenvalue weighted by Gasteiger charge is -2.13. The van der Waals surface area contributed by atoms with E-state index in [1.54, 1.807) is 0 Å². The molecule has 0 saturated heterocycles. The molecule has 12 nitrogen and oxygen atoms in total. The van der Waals surface area contributed by atoms with Crippen molar-refractivity contribution in [1.82, 2.24) is 10.6 Å². The smallest absolute Gasteiger partial charge is 0.326 e. The molecule has 0 bridgehead atoms. The molecule has 1 unspecified atom stereocenters. The topological polar surface area (TPSA) is 229 Å². The fourth-order valence-corrected chi connectivity index (χ4v) is 4.12. The van der Waals surface area contributed by atoms with Gasteiger partial charge < -0.3 is 37.4 Å². The van der Waals surface area contributed by atoms with Crippen molar-refractivity contribution < 1.29 is 34.5 Å². The number of carbonyl (C=O) groups is 4. The second kappa shape index (κ2) is 28.6. The van der Waals surface area contributed by atoms with Gasteiger partial charge in [0.2, 0.25) is 5.91 Å². The summed E-state index contributed by atoms with van der Waals surface area (Å²) in [5.74, 6) is -3.67. The highest BCUT2D eigenvalue weighted by atomic mass is 16.4. The van der Waals surface area contributed by atoms with Gasteiger partial charge in [-0.1, -0.05) is 96.8 Å². The number of nitrogens with one attached hydrogen (secondary N) is 3. The fraction of sp³-hybridized carbons (Fsp3) is 0.828. The second-order valence-corrected chi connectivity index (χ2v) is 10.5. The van der Waals surface area contributed by atoms with E-state index in [2.05, 4.69) is 17.6 Å². The van der Waals surface area contributed by atoms with Gasteiger partial charge in [-0.25, -0.2) is 4.79 Å². The van der Waals surface area contributed by atoms with E-state index in [1.807, 2.05) is 0 Å². The van der Waals surface area contributed by atoms with Crippen molar-refractivity contribution in [2.24, 2.45) is 11.5 Å². The van der Waals surface area contributed by atoms with Crippen LogP contribution in [-0.4, -0.2) is 63.7 Å². The minimum atomic E-state index is -1.18. The van der Waals surface area contributed by atoms with Crippen LogP contribution in [0.2, 0.25) is 0 Å². The van der Waals surface area contributed by atoms with Crippen LogP contribution in [0.1, 0.15) is 135 Å². The third-order valence-electron chi connectivity index (χ3n) is 6.61. The third-order valence-corrected chi connectivity index (χ3v) is 6.61. The summed E-state index contributed by atoms with van der Waals surface area (Å²) in [6.45, 7) is 2.73. The normalized spacial score (nSPS) is 12.0. The lowest BCUT2D eigenvalue weighted by molar-refractivity contribution is -0.143. The molecule has 1 amide bonds. The molecule has 12 heteroatoms. The van der Waals surface area contributed by atoms with Crippen molar-refractivity contribution in [3.63, 3.8) is 0 Å².